The van der Waals surface area contributed by atoms with Crippen molar-refractivity contribution in [3.05, 3.63) is 96.8 Å². The van der Waals surface area contributed by atoms with Gasteiger partial charge >= 0.3 is 0 Å². The average molecular weight is 443 g/mol. The molecule has 2 aliphatic rings. The molecule has 2 atom stereocenters. The first kappa shape index (κ1) is 19.3. The van der Waals surface area contributed by atoms with E-state index in [1.165, 1.54) is 11.3 Å². The largest absolute Gasteiger partial charge is 0.466 e. The molecular formula is C25H22N4O2S. The zero-order valence-corrected chi connectivity index (χ0v) is 18.9. The Bertz CT molecular complexity index is 1550. The summed E-state index contributed by atoms with van der Waals surface area (Å²) in [6, 6.07) is 17.9. The normalized spacial score (nSPS) is 21.5. The van der Waals surface area contributed by atoms with Crippen LogP contribution < -0.4 is 19.6 Å². The molecule has 0 saturated carbocycles. The second kappa shape index (κ2) is 6.77. The molecule has 7 heteroatoms. The summed E-state index contributed by atoms with van der Waals surface area (Å²) in [6.45, 7) is 6.00. The first-order valence-electron chi connectivity index (χ1n) is 10.7. The van der Waals surface area contributed by atoms with Gasteiger partial charge in [-0.15, -0.1) is 0 Å². The van der Waals surface area contributed by atoms with E-state index in [1.54, 1.807) is 0 Å². The molecule has 0 amide bonds. The van der Waals surface area contributed by atoms with Crippen LogP contribution in [0, 0.1) is 13.8 Å². The van der Waals surface area contributed by atoms with Crippen molar-refractivity contribution < 1.29 is 4.74 Å². The van der Waals surface area contributed by atoms with E-state index in [9.17, 15) is 4.79 Å². The Kier molecular flexibility index (Phi) is 4.07. The number of hydrogen-bond acceptors (Lipinski definition) is 5. The van der Waals surface area contributed by atoms with Crippen LogP contribution in [0.5, 0.6) is 5.75 Å². The molecule has 0 aliphatic carbocycles. The molecule has 160 valence electrons. The van der Waals surface area contributed by atoms with E-state index in [0.29, 0.717) is 15.8 Å². The fourth-order valence-electron chi connectivity index (χ4n) is 4.75. The first-order chi connectivity index (χ1) is 15.4. The van der Waals surface area contributed by atoms with Crippen LogP contribution in [0.2, 0.25) is 0 Å². The van der Waals surface area contributed by atoms with Crippen LogP contribution in [0.15, 0.2) is 64.4 Å². The third kappa shape index (κ3) is 2.81. The maximum Gasteiger partial charge on any atom is 0.270 e. The molecule has 6 nitrogen and oxygen atoms in total. The Morgan fingerprint density at radius 1 is 1.12 bits per heavy atom. The standard InChI is InChI=1S/C25H22N4O2S/c1-15-19(16(2)29(27-15)17-9-5-4-6-10-17)13-22-23(30)28-20-14-25(3,26-24(28)32-22)31-21-12-8-7-11-18(20)21/h4-13,20H,14H2,1-3H3/b22-13-/t20-,25-/m1/s1. The molecule has 6 rings (SSSR count). The minimum Gasteiger partial charge on any atom is -0.466 e. The van der Waals surface area contributed by atoms with Gasteiger partial charge in [0.15, 0.2) is 4.80 Å². The Balaban J connectivity index is 1.54. The third-order valence-electron chi connectivity index (χ3n) is 6.28. The molecule has 2 aliphatic heterocycles. The molecule has 0 unspecified atom stereocenters. The van der Waals surface area contributed by atoms with Gasteiger partial charge in [-0.05, 0) is 45.0 Å². The van der Waals surface area contributed by atoms with Crippen molar-refractivity contribution in [1.82, 2.24) is 14.3 Å². The zero-order valence-electron chi connectivity index (χ0n) is 18.1. The number of ether oxygens (including phenoxy) is 1. The number of rotatable bonds is 2. The fraction of sp³-hybridized carbons (Fsp3) is 0.240. The summed E-state index contributed by atoms with van der Waals surface area (Å²) < 4.78 is 10.6. The summed E-state index contributed by atoms with van der Waals surface area (Å²) in [5.41, 5.74) is 4.23. The van der Waals surface area contributed by atoms with E-state index in [0.717, 1.165) is 34.0 Å². The Labute approximate surface area is 188 Å². The van der Waals surface area contributed by atoms with Crippen molar-refractivity contribution >= 4 is 17.4 Å². The lowest BCUT2D eigenvalue weighted by Crippen LogP contribution is -2.49. The van der Waals surface area contributed by atoms with Crippen molar-refractivity contribution in [1.29, 1.82) is 0 Å². The highest BCUT2D eigenvalue weighted by Gasteiger charge is 2.42. The second-order valence-corrected chi connectivity index (χ2v) is 9.56. The Hall–Kier alpha value is -3.45. The van der Waals surface area contributed by atoms with E-state index >= 15 is 0 Å². The highest BCUT2D eigenvalue weighted by Crippen LogP contribution is 2.42. The summed E-state index contributed by atoms with van der Waals surface area (Å²) in [5.74, 6) is 0.806. The SMILES string of the molecule is Cc1nn(-c2ccccc2)c(C)c1/C=c1\sc2n(c1=O)[C@@H]1C[C@](C)(N=2)Oc2ccccc21. The number of benzene rings is 2. The number of thiazole rings is 1. The lowest BCUT2D eigenvalue weighted by atomic mass is 9.93. The molecular weight excluding hydrogens is 420 g/mol. The molecule has 0 saturated heterocycles. The van der Waals surface area contributed by atoms with Gasteiger partial charge in [0, 0.05) is 23.2 Å². The molecule has 32 heavy (non-hydrogen) atoms. The van der Waals surface area contributed by atoms with E-state index in [-0.39, 0.29) is 11.6 Å². The number of nitrogens with zero attached hydrogens (tertiary/aromatic N) is 4. The van der Waals surface area contributed by atoms with E-state index in [2.05, 4.69) is 0 Å². The molecule has 4 aromatic rings. The maximum atomic E-state index is 13.5. The molecule has 0 N–H and O–H groups in total. The van der Waals surface area contributed by atoms with Gasteiger partial charge in [0.2, 0.25) is 5.72 Å². The van der Waals surface area contributed by atoms with Gasteiger partial charge in [-0.3, -0.25) is 9.36 Å². The summed E-state index contributed by atoms with van der Waals surface area (Å²) in [7, 11) is 0. The summed E-state index contributed by atoms with van der Waals surface area (Å²) >= 11 is 1.42. The lowest BCUT2D eigenvalue weighted by molar-refractivity contribution is 0.0410. The van der Waals surface area contributed by atoms with Gasteiger partial charge in [-0.25, -0.2) is 9.67 Å². The van der Waals surface area contributed by atoms with E-state index in [4.69, 9.17) is 14.8 Å². The van der Waals surface area contributed by atoms with Crippen molar-refractivity contribution in [2.45, 2.75) is 39.0 Å². The van der Waals surface area contributed by atoms with Gasteiger partial charge in [-0.1, -0.05) is 47.7 Å². The van der Waals surface area contributed by atoms with Crippen LogP contribution in [0.3, 0.4) is 0 Å². The Morgan fingerprint density at radius 2 is 1.88 bits per heavy atom. The Morgan fingerprint density at radius 3 is 2.69 bits per heavy atom. The summed E-state index contributed by atoms with van der Waals surface area (Å²) in [6.07, 6.45) is 2.61. The van der Waals surface area contributed by atoms with Crippen molar-refractivity contribution in [2.24, 2.45) is 4.99 Å². The van der Waals surface area contributed by atoms with Crippen LogP contribution >= 0.6 is 11.3 Å². The van der Waals surface area contributed by atoms with Crippen LogP contribution in [0.1, 0.15) is 41.9 Å². The quantitative estimate of drug-likeness (QED) is 0.479. The van der Waals surface area contributed by atoms with Crippen molar-refractivity contribution in [3.63, 3.8) is 0 Å². The zero-order chi connectivity index (χ0) is 22.0. The molecule has 0 radical (unpaired) electrons. The van der Waals surface area contributed by atoms with Gasteiger partial charge in [0.25, 0.3) is 5.56 Å². The van der Waals surface area contributed by atoms with Crippen molar-refractivity contribution in [3.8, 4) is 11.4 Å². The lowest BCUT2D eigenvalue weighted by Gasteiger charge is -2.39. The van der Waals surface area contributed by atoms with Gasteiger partial charge in [0.05, 0.1) is 22.0 Å². The minimum absolute atomic E-state index is 0.0104. The fourth-order valence-corrected chi connectivity index (χ4v) is 5.86. The number of aryl methyl sites for hydroxylation is 1. The predicted octanol–water partition coefficient (Wildman–Crippen LogP) is 3.26. The van der Waals surface area contributed by atoms with Crippen LogP contribution in [-0.2, 0) is 0 Å². The second-order valence-electron chi connectivity index (χ2n) is 8.55. The van der Waals surface area contributed by atoms with Crippen LogP contribution in [-0.4, -0.2) is 20.1 Å². The topological polar surface area (TPSA) is 61.4 Å². The maximum absolute atomic E-state index is 13.5. The third-order valence-corrected chi connectivity index (χ3v) is 7.27. The molecule has 2 aromatic carbocycles. The molecule has 0 spiro atoms. The van der Waals surface area contributed by atoms with Gasteiger partial charge in [0.1, 0.15) is 5.75 Å². The van der Waals surface area contributed by atoms with Crippen LogP contribution in [0.4, 0.5) is 0 Å². The smallest absolute Gasteiger partial charge is 0.270 e. The molecule has 2 aromatic heterocycles. The van der Waals surface area contributed by atoms with E-state index in [1.807, 2.05) is 90.7 Å². The van der Waals surface area contributed by atoms with Gasteiger partial charge in [-0.2, -0.15) is 5.10 Å². The average Bonchev–Trinajstić information content (AvgIpc) is 3.24. The van der Waals surface area contributed by atoms with Crippen LogP contribution in [0.25, 0.3) is 11.8 Å². The highest BCUT2D eigenvalue weighted by molar-refractivity contribution is 7.07. The monoisotopic (exact) mass is 442 g/mol. The van der Waals surface area contributed by atoms with Gasteiger partial charge < -0.3 is 4.74 Å². The predicted molar refractivity (Wildman–Crippen MR) is 124 cm³/mol. The first-order valence-corrected chi connectivity index (χ1v) is 11.5. The number of hydrogen-bond donors (Lipinski definition) is 0. The summed E-state index contributed by atoms with van der Waals surface area (Å²) in [4.78, 5) is 19.1. The summed E-state index contributed by atoms with van der Waals surface area (Å²) in [5, 5.41) is 4.72. The number of fused-ring (bicyclic) bond motifs is 6. The van der Waals surface area contributed by atoms with Crippen molar-refractivity contribution in [2.75, 3.05) is 0 Å². The molecule has 2 bridgehead atoms. The highest BCUT2D eigenvalue weighted by atomic mass is 32.1. The molecule has 0 fully saturated rings. The number of para-hydroxylation sites is 2. The number of aromatic nitrogens is 3. The van der Waals surface area contributed by atoms with E-state index < -0.39 is 5.72 Å². The molecule has 4 heterocycles. The minimum atomic E-state index is -0.655.